The van der Waals surface area contributed by atoms with Gasteiger partial charge in [-0.15, -0.1) is 0 Å². The Hall–Kier alpha value is -7.57. The third kappa shape index (κ3) is 4.39. The maximum absolute atomic E-state index is 6.47. The SMILES string of the molecule is c1ccc(-c2nc(-c3cc4oc5ccccc5c4c4ccccc34)nc(-n3c4ccccc4c4cc(-n5c6ccccc6c6ccccc65)ccc43)n2)cc1. The summed E-state index contributed by atoms with van der Waals surface area (Å²) < 4.78 is 11.0. The first kappa shape index (κ1) is 29.9. The summed E-state index contributed by atoms with van der Waals surface area (Å²) in [4.78, 5) is 15.7. The molecule has 0 saturated heterocycles. The fraction of sp³-hybridized carbons (Fsp3) is 0. The van der Waals surface area contributed by atoms with E-state index in [9.17, 15) is 0 Å². The van der Waals surface area contributed by atoms with Crippen LogP contribution in [0.5, 0.6) is 0 Å². The molecule has 4 aromatic heterocycles. The quantitative estimate of drug-likeness (QED) is 0.183. The van der Waals surface area contributed by atoms with Crippen molar-refractivity contribution >= 4 is 76.3 Å². The third-order valence-electron chi connectivity index (χ3n) is 11.0. The molecular formula is C49H29N5O. The Morgan fingerprint density at radius 3 is 1.64 bits per heavy atom. The highest BCUT2D eigenvalue weighted by Gasteiger charge is 2.22. The molecule has 8 aromatic carbocycles. The largest absolute Gasteiger partial charge is 0.456 e. The first-order chi connectivity index (χ1) is 27.3. The molecule has 0 unspecified atom stereocenters. The second kappa shape index (κ2) is 11.5. The van der Waals surface area contributed by atoms with Gasteiger partial charge in [0.05, 0.1) is 22.1 Å². The van der Waals surface area contributed by atoms with Crippen LogP contribution in [0.3, 0.4) is 0 Å². The van der Waals surface area contributed by atoms with Crippen LogP contribution in [0.15, 0.2) is 180 Å². The minimum atomic E-state index is 0.549. The molecule has 0 fully saturated rings. The van der Waals surface area contributed by atoms with Gasteiger partial charge in [-0.1, -0.05) is 127 Å². The third-order valence-corrected chi connectivity index (χ3v) is 11.0. The molecular weight excluding hydrogens is 675 g/mol. The molecule has 0 spiro atoms. The van der Waals surface area contributed by atoms with E-state index >= 15 is 0 Å². The topological polar surface area (TPSA) is 61.7 Å². The molecule has 0 aliphatic heterocycles. The predicted molar refractivity (Wildman–Crippen MR) is 224 cm³/mol. The summed E-state index contributed by atoms with van der Waals surface area (Å²) in [5.74, 6) is 1.73. The fourth-order valence-electron chi connectivity index (χ4n) is 8.59. The van der Waals surface area contributed by atoms with Crippen LogP contribution in [0, 0.1) is 0 Å². The van der Waals surface area contributed by atoms with E-state index in [0.29, 0.717) is 17.6 Å². The lowest BCUT2D eigenvalue weighted by Gasteiger charge is -2.13. The van der Waals surface area contributed by atoms with Crippen LogP contribution >= 0.6 is 0 Å². The number of nitrogens with zero attached hydrogens (tertiary/aromatic N) is 5. The summed E-state index contributed by atoms with van der Waals surface area (Å²) in [5.41, 5.74) is 8.93. The lowest BCUT2D eigenvalue weighted by Crippen LogP contribution is -2.06. The number of para-hydroxylation sites is 4. The van der Waals surface area contributed by atoms with Crippen molar-refractivity contribution in [2.45, 2.75) is 0 Å². The number of furan rings is 1. The Labute approximate surface area is 314 Å². The van der Waals surface area contributed by atoms with Crippen molar-refractivity contribution in [3.05, 3.63) is 176 Å². The van der Waals surface area contributed by atoms with Crippen LogP contribution in [0.2, 0.25) is 0 Å². The monoisotopic (exact) mass is 703 g/mol. The summed E-state index contributed by atoms with van der Waals surface area (Å²) >= 11 is 0. The minimum absolute atomic E-state index is 0.549. The van der Waals surface area contributed by atoms with Crippen molar-refractivity contribution in [3.63, 3.8) is 0 Å². The molecule has 4 heterocycles. The summed E-state index contributed by atoms with van der Waals surface area (Å²) in [6.45, 7) is 0. The van der Waals surface area contributed by atoms with Crippen molar-refractivity contribution in [1.29, 1.82) is 0 Å². The van der Waals surface area contributed by atoms with Crippen molar-refractivity contribution in [2.75, 3.05) is 0 Å². The van der Waals surface area contributed by atoms with E-state index in [4.69, 9.17) is 19.4 Å². The van der Waals surface area contributed by atoms with E-state index in [1.165, 1.54) is 21.8 Å². The Bertz CT molecular complexity index is 3450. The zero-order valence-corrected chi connectivity index (χ0v) is 29.4. The highest BCUT2D eigenvalue weighted by molar-refractivity contribution is 6.22. The van der Waals surface area contributed by atoms with E-state index in [1.807, 2.05) is 42.5 Å². The molecule has 0 amide bonds. The second-order valence-corrected chi connectivity index (χ2v) is 14.0. The van der Waals surface area contributed by atoms with Gasteiger partial charge in [-0.3, -0.25) is 4.57 Å². The van der Waals surface area contributed by atoms with Crippen LogP contribution < -0.4 is 0 Å². The minimum Gasteiger partial charge on any atom is -0.456 e. The summed E-state index contributed by atoms with van der Waals surface area (Å²) in [6, 6.07) is 61.4. The fourth-order valence-corrected chi connectivity index (χ4v) is 8.59. The van der Waals surface area contributed by atoms with Gasteiger partial charge in [0, 0.05) is 49.1 Å². The summed E-state index contributed by atoms with van der Waals surface area (Å²) in [5, 5.41) is 9.04. The van der Waals surface area contributed by atoms with Crippen molar-refractivity contribution in [2.24, 2.45) is 0 Å². The molecule has 0 bridgehead atoms. The molecule has 6 heteroatoms. The van der Waals surface area contributed by atoms with Crippen molar-refractivity contribution in [3.8, 4) is 34.4 Å². The average molecular weight is 704 g/mol. The van der Waals surface area contributed by atoms with Crippen LogP contribution in [-0.2, 0) is 0 Å². The second-order valence-electron chi connectivity index (χ2n) is 14.0. The number of aromatic nitrogens is 5. The Balaban J connectivity index is 1.14. The van der Waals surface area contributed by atoms with Gasteiger partial charge in [-0.25, -0.2) is 4.98 Å². The van der Waals surface area contributed by atoms with Crippen molar-refractivity contribution < 1.29 is 4.42 Å². The maximum Gasteiger partial charge on any atom is 0.238 e. The van der Waals surface area contributed by atoms with Gasteiger partial charge in [0.25, 0.3) is 0 Å². The van der Waals surface area contributed by atoms with Crippen LogP contribution in [0.25, 0.3) is 111 Å². The zero-order chi connectivity index (χ0) is 36.0. The Kier molecular flexibility index (Phi) is 6.24. The Morgan fingerprint density at radius 1 is 0.364 bits per heavy atom. The molecule has 0 N–H and O–H groups in total. The first-order valence-corrected chi connectivity index (χ1v) is 18.5. The molecule has 12 aromatic rings. The van der Waals surface area contributed by atoms with E-state index < -0.39 is 0 Å². The molecule has 0 aliphatic carbocycles. The van der Waals surface area contributed by atoms with Crippen LogP contribution in [0.1, 0.15) is 0 Å². The maximum atomic E-state index is 6.47. The first-order valence-electron chi connectivity index (χ1n) is 18.5. The van der Waals surface area contributed by atoms with Gasteiger partial charge in [0.15, 0.2) is 11.6 Å². The van der Waals surface area contributed by atoms with Crippen LogP contribution in [0.4, 0.5) is 0 Å². The number of rotatable bonds is 4. The number of hydrogen-bond acceptors (Lipinski definition) is 4. The summed E-state index contributed by atoms with van der Waals surface area (Å²) in [6.07, 6.45) is 0. The smallest absolute Gasteiger partial charge is 0.238 e. The van der Waals surface area contributed by atoms with Gasteiger partial charge in [0.2, 0.25) is 5.95 Å². The van der Waals surface area contributed by atoms with Gasteiger partial charge in [0.1, 0.15) is 11.2 Å². The van der Waals surface area contributed by atoms with E-state index in [1.54, 1.807) is 0 Å². The zero-order valence-electron chi connectivity index (χ0n) is 29.4. The normalized spacial score (nSPS) is 12.0. The van der Waals surface area contributed by atoms with Gasteiger partial charge >= 0.3 is 0 Å². The lowest BCUT2D eigenvalue weighted by atomic mass is 9.98. The number of fused-ring (bicyclic) bond motifs is 11. The Morgan fingerprint density at radius 2 is 0.909 bits per heavy atom. The molecule has 0 aliphatic rings. The van der Waals surface area contributed by atoms with Gasteiger partial charge < -0.3 is 8.98 Å². The van der Waals surface area contributed by atoms with E-state index in [2.05, 4.69) is 143 Å². The average Bonchev–Trinajstić information content (AvgIpc) is 3.91. The van der Waals surface area contributed by atoms with Gasteiger partial charge in [-0.2, -0.15) is 9.97 Å². The standard InChI is InChI=1S/C49H29N5O/c1-2-14-30(15-3-1)47-50-48(39-29-45-46(36-20-5-4-16-32(36)39)37-21-9-13-25-44(37)55-45)52-49(51-47)54-42-24-12-8-19-35(42)38-28-31(26-27-43(38)54)53-40-22-10-6-17-33(40)34-18-7-11-23-41(34)53/h1-29H. The highest BCUT2D eigenvalue weighted by atomic mass is 16.3. The highest BCUT2D eigenvalue weighted by Crippen LogP contribution is 2.41. The molecule has 6 nitrogen and oxygen atoms in total. The molecule has 256 valence electrons. The molecule has 55 heavy (non-hydrogen) atoms. The molecule has 0 atom stereocenters. The number of hydrogen-bond donors (Lipinski definition) is 0. The molecule has 0 radical (unpaired) electrons. The molecule has 0 saturated carbocycles. The van der Waals surface area contributed by atoms with Crippen molar-refractivity contribution in [1.82, 2.24) is 24.1 Å². The number of benzene rings is 8. The predicted octanol–water partition coefficient (Wildman–Crippen LogP) is 12.5. The van der Waals surface area contributed by atoms with E-state index in [-0.39, 0.29) is 0 Å². The van der Waals surface area contributed by atoms with Gasteiger partial charge in [-0.05, 0) is 59.3 Å². The van der Waals surface area contributed by atoms with E-state index in [0.717, 1.165) is 71.3 Å². The molecule has 12 rings (SSSR count). The lowest BCUT2D eigenvalue weighted by molar-refractivity contribution is 0.669. The summed E-state index contributed by atoms with van der Waals surface area (Å²) in [7, 11) is 0. The van der Waals surface area contributed by atoms with Crippen LogP contribution in [-0.4, -0.2) is 24.1 Å².